The van der Waals surface area contributed by atoms with Crippen LogP contribution in [0.15, 0.2) is 18.2 Å². The third kappa shape index (κ3) is 4.96. The number of benzene rings is 1. The van der Waals surface area contributed by atoms with Crippen LogP contribution in [0.5, 0.6) is 11.5 Å². The van der Waals surface area contributed by atoms with Gasteiger partial charge in [0, 0.05) is 38.9 Å². The molecular formula is C21H33N3O4. The third-order valence-electron chi connectivity index (χ3n) is 5.89. The minimum Gasteiger partial charge on any atom is -0.497 e. The normalized spacial score (nSPS) is 22.0. The van der Waals surface area contributed by atoms with Gasteiger partial charge in [0.2, 0.25) is 5.91 Å². The minimum atomic E-state index is -0.395. The standard InChI is InChI=1S/C21H33N3O4/c1-26-15-21(5-7-22-8-6-21)20(25)23-17-4-9-24(14-17)13-16-10-18(27-2)12-19(11-16)28-3/h10-12,17,22H,4-9,13-15H2,1-3H3,(H,23,25). The molecule has 0 aromatic heterocycles. The molecule has 1 atom stereocenters. The molecule has 1 aromatic rings. The Morgan fingerprint density at radius 3 is 2.46 bits per heavy atom. The first-order valence-electron chi connectivity index (χ1n) is 10.0. The van der Waals surface area contributed by atoms with Crippen molar-refractivity contribution in [2.45, 2.75) is 31.8 Å². The summed E-state index contributed by atoms with van der Waals surface area (Å²) in [5.74, 6) is 1.74. The maximum atomic E-state index is 13.0. The van der Waals surface area contributed by atoms with Crippen molar-refractivity contribution in [3.05, 3.63) is 23.8 Å². The van der Waals surface area contributed by atoms with Crippen LogP contribution in [0.1, 0.15) is 24.8 Å². The predicted octanol–water partition coefficient (Wildman–Crippen LogP) is 1.41. The number of hydrogen-bond acceptors (Lipinski definition) is 6. The minimum absolute atomic E-state index is 0.144. The van der Waals surface area contributed by atoms with E-state index >= 15 is 0 Å². The van der Waals surface area contributed by atoms with Gasteiger partial charge in [-0.25, -0.2) is 0 Å². The van der Waals surface area contributed by atoms with Crippen LogP contribution < -0.4 is 20.1 Å². The second-order valence-electron chi connectivity index (χ2n) is 7.88. The number of methoxy groups -OCH3 is 3. The van der Waals surface area contributed by atoms with Crippen molar-refractivity contribution < 1.29 is 19.0 Å². The smallest absolute Gasteiger partial charge is 0.228 e. The molecule has 1 amide bonds. The summed E-state index contributed by atoms with van der Waals surface area (Å²) in [5, 5.41) is 6.63. The Morgan fingerprint density at radius 2 is 1.86 bits per heavy atom. The van der Waals surface area contributed by atoms with Crippen LogP contribution in [-0.4, -0.2) is 71.0 Å². The van der Waals surface area contributed by atoms with Gasteiger partial charge in [0.15, 0.2) is 0 Å². The van der Waals surface area contributed by atoms with Gasteiger partial charge >= 0.3 is 0 Å². The van der Waals surface area contributed by atoms with Gasteiger partial charge < -0.3 is 24.8 Å². The molecule has 0 saturated carbocycles. The Hall–Kier alpha value is -1.83. The Labute approximate surface area is 167 Å². The van der Waals surface area contributed by atoms with Crippen molar-refractivity contribution >= 4 is 5.91 Å². The molecule has 2 fully saturated rings. The highest BCUT2D eigenvalue weighted by molar-refractivity contribution is 5.83. The van der Waals surface area contributed by atoms with Crippen LogP contribution in [0.2, 0.25) is 0 Å². The maximum Gasteiger partial charge on any atom is 0.228 e. The number of amides is 1. The molecule has 0 spiro atoms. The molecule has 2 N–H and O–H groups in total. The van der Waals surface area contributed by atoms with Crippen LogP contribution in [0.3, 0.4) is 0 Å². The zero-order valence-electron chi connectivity index (χ0n) is 17.3. The van der Waals surface area contributed by atoms with E-state index in [4.69, 9.17) is 14.2 Å². The summed E-state index contributed by atoms with van der Waals surface area (Å²) >= 11 is 0. The van der Waals surface area contributed by atoms with Gasteiger partial charge in [-0.05, 0) is 50.0 Å². The molecule has 1 unspecified atom stereocenters. The van der Waals surface area contributed by atoms with E-state index in [2.05, 4.69) is 15.5 Å². The van der Waals surface area contributed by atoms with Crippen LogP contribution in [0.25, 0.3) is 0 Å². The number of likely N-dealkylation sites (tertiary alicyclic amines) is 1. The van der Waals surface area contributed by atoms with E-state index < -0.39 is 5.41 Å². The average molecular weight is 392 g/mol. The molecule has 3 rings (SSSR count). The van der Waals surface area contributed by atoms with Crippen molar-refractivity contribution in [1.29, 1.82) is 0 Å². The van der Waals surface area contributed by atoms with Crippen molar-refractivity contribution in [2.24, 2.45) is 5.41 Å². The number of carbonyl (C=O) groups is 1. The van der Waals surface area contributed by atoms with E-state index in [1.165, 1.54) is 0 Å². The summed E-state index contributed by atoms with van der Waals surface area (Å²) in [6.45, 7) is 4.85. The van der Waals surface area contributed by atoms with Gasteiger partial charge in [-0.1, -0.05) is 0 Å². The molecule has 2 aliphatic rings. The lowest BCUT2D eigenvalue weighted by Crippen LogP contribution is -2.52. The molecule has 0 aliphatic carbocycles. The van der Waals surface area contributed by atoms with E-state index in [9.17, 15) is 4.79 Å². The summed E-state index contributed by atoms with van der Waals surface area (Å²) in [4.78, 5) is 15.4. The number of carbonyl (C=O) groups excluding carboxylic acids is 1. The molecular weight excluding hydrogens is 358 g/mol. The number of piperidine rings is 1. The Balaban J connectivity index is 1.57. The van der Waals surface area contributed by atoms with E-state index in [1.807, 2.05) is 18.2 Å². The Kier molecular flexibility index (Phi) is 7.15. The summed E-state index contributed by atoms with van der Waals surface area (Å²) < 4.78 is 16.1. The second-order valence-corrected chi connectivity index (χ2v) is 7.88. The quantitative estimate of drug-likeness (QED) is 0.698. The fourth-order valence-electron chi connectivity index (χ4n) is 4.27. The number of hydrogen-bond donors (Lipinski definition) is 2. The van der Waals surface area contributed by atoms with Crippen molar-refractivity contribution in [3.8, 4) is 11.5 Å². The fraction of sp³-hybridized carbons (Fsp3) is 0.667. The second kappa shape index (κ2) is 9.58. The van der Waals surface area contributed by atoms with Gasteiger partial charge in [-0.2, -0.15) is 0 Å². The van der Waals surface area contributed by atoms with Gasteiger partial charge in [0.05, 0.1) is 26.2 Å². The van der Waals surface area contributed by atoms with E-state index in [-0.39, 0.29) is 11.9 Å². The number of nitrogens with zero attached hydrogens (tertiary/aromatic N) is 1. The van der Waals surface area contributed by atoms with Gasteiger partial charge in [-0.3, -0.25) is 9.69 Å². The van der Waals surface area contributed by atoms with Crippen molar-refractivity contribution in [1.82, 2.24) is 15.5 Å². The lowest BCUT2D eigenvalue weighted by atomic mass is 9.78. The molecule has 7 heteroatoms. The fourth-order valence-corrected chi connectivity index (χ4v) is 4.27. The highest BCUT2D eigenvalue weighted by atomic mass is 16.5. The molecule has 0 bridgehead atoms. The molecule has 2 aliphatic heterocycles. The summed E-state index contributed by atoms with van der Waals surface area (Å²) in [7, 11) is 5.00. The Bertz CT molecular complexity index is 633. The van der Waals surface area contributed by atoms with Gasteiger partial charge in [0.25, 0.3) is 0 Å². The molecule has 7 nitrogen and oxygen atoms in total. The van der Waals surface area contributed by atoms with Gasteiger partial charge in [-0.15, -0.1) is 0 Å². The lowest BCUT2D eigenvalue weighted by Gasteiger charge is -2.36. The predicted molar refractivity (Wildman–Crippen MR) is 108 cm³/mol. The van der Waals surface area contributed by atoms with Crippen molar-refractivity contribution in [3.63, 3.8) is 0 Å². The van der Waals surface area contributed by atoms with Crippen LogP contribution in [-0.2, 0) is 16.1 Å². The molecule has 2 heterocycles. The average Bonchev–Trinajstić information content (AvgIpc) is 3.15. The zero-order valence-corrected chi connectivity index (χ0v) is 17.3. The van der Waals surface area contributed by atoms with E-state index in [1.54, 1.807) is 21.3 Å². The van der Waals surface area contributed by atoms with Crippen molar-refractivity contribution in [2.75, 3.05) is 54.1 Å². The zero-order chi connectivity index (χ0) is 20.0. The highest BCUT2D eigenvalue weighted by Crippen LogP contribution is 2.30. The summed E-state index contributed by atoms with van der Waals surface area (Å²) in [6, 6.07) is 6.14. The molecule has 2 saturated heterocycles. The summed E-state index contributed by atoms with van der Waals surface area (Å²) in [6.07, 6.45) is 2.62. The number of rotatable bonds is 8. The summed E-state index contributed by atoms with van der Waals surface area (Å²) in [5.41, 5.74) is 0.755. The maximum absolute atomic E-state index is 13.0. The molecule has 0 radical (unpaired) electrons. The first-order chi connectivity index (χ1) is 13.6. The SMILES string of the molecule is COCC1(C(=O)NC2CCN(Cc3cc(OC)cc(OC)c3)C2)CCNCC1. The monoisotopic (exact) mass is 391 g/mol. The molecule has 1 aromatic carbocycles. The highest BCUT2D eigenvalue weighted by Gasteiger charge is 2.41. The molecule has 28 heavy (non-hydrogen) atoms. The van der Waals surface area contributed by atoms with E-state index in [0.29, 0.717) is 6.61 Å². The Morgan fingerprint density at radius 1 is 1.18 bits per heavy atom. The topological polar surface area (TPSA) is 72.1 Å². The van der Waals surface area contributed by atoms with Gasteiger partial charge in [0.1, 0.15) is 11.5 Å². The first kappa shape index (κ1) is 20.9. The largest absolute Gasteiger partial charge is 0.497 e. The number of nitrogens with one attached hydrogen (secondary N) is 2. The first-order valence-corrected chi connectivity index (χ1v) is 10.0. The van der Waals surface area contributed by atoms with Crippen LogP contribution >= 0.6 is 0 Å². The van der Waals surface area contributed by atoms with Crippen LogP contribution in [0, 0.1) is 5.41 Å². The lowest BCUT2D eigenvalue weighted by molar-refractivity contribution is -0.136. The van der Waals surface area contributed by atoms with Crippen LogP contribution in [0.4, 0.5) is 0 Å². The van der Waals surface area contributed by atoms with E-state index in [0.717, 1.165) is 69.0 Å². The third-order valence-corrected chi connectivity index (χ3v) is 5.89. The molecule has 156 valence electrons. The number of ether oxygens (including phenoxy) is 3.